The van der Waals surface area contributed by atoms with Crippen molar-refractivity contribution in [3.8, 4) is 5.75 Å². The van der Waals surface area contributed by atoms with Gasteiger partial charge >= 0.3 is 24.2 Å². The molecule has 0 fully saturated rings. The van der Waals surface area contributed by atoms with Crippen molar-refractivity contribution in [1.29, 1.82) is 0 Å². The molecular formula is C49H55N5O10S. The maximum atomic E-state index is 14.0. The number of amides is 5. The summed E-state index contributed by atoms with van der Waals surface area (Å²) in [5.41, 5.74) is 7.20. The highest BCUT2D eigenvalue weighted by Crippen LogP contribution is 2.48. The van der Waals surface area contributed by atoms with Gasteiger partial charge in [0.05, 0.1) is 4.75 Å². The van der Waals surface area contributed by atoms with Gasteiger partial charge in [-0.15, -0.1) is 11.8 Å². The SMILES string of the molecule is C=CCOC(=O)/C(=C\c1ccc(OC(=O)NC(/C=C/NC(=O)OC(C)(C)C)C(=O)N[C@@H](CSC(c2ccccc2)(c2ccccc2)c2ccccc2)C(N)=O)cc1)NC(=O)OC(C)(C)C. The van der Waals surface area contributed by atoms with E-state index in [-0.39, 0.29) is 23.8 Å². The highest BCUT2D eigenvalue weighted by molar-refractivity contribution is 8.00. The number of esters is 1. The highest BCUT2D eigenvalue weighted by atomic mass is 32.2. The van der Waals surface area contributed by atoms with Gasteiger partial charge in [-0.2, -0.15) is 0 Å². The smallest absolute Gasteiger partial charge is 0.413 e. The molecule has 2 atom stereocenters. The van der Waals surface area contributed by atoms with E-state index in [1.807, 2.05) is 91.0 Å². The quantitative estimate of drug-likeness (QED) is 0.0217. The summed E-state index contributed by atoms with van der Waals surface area (Å²) in [6, 6.07) is 32.3. The Labute approximate surface area is 383 Å². The molecule has 6 N–H and O–H groups in total. The molecule has 0 bridgehead atoms. The lowest BCUT2D eigenvalue weighted by Crippen LogP contribution is -2.54. The lowest BCUT2D eigenvalue weighted by Gasteiger charge is -2.36. The average Bonchev–Trinajstić information content (AvgIpc) is 3.25. The molecule has 342 valence electrons. The molecular weight excluding hydrogens is 851 g/mol. The third kappa shape index (κ3) is 16.1. The molecule has 4 aromatic rings. The number of benzene rings is 4. The molecule has 0 aliphatic rings. The van der Waals surface area contributed by atoms with E-state index >= 15 is 0 Å². The zero-order chi connectivity index (χ0) is 47.6. The lowest BCUT2D eigenvalue weighted by molar-refractivity contribution is -0.138. The zero-order valence-corrected chi connectivity index (χ0v) is 37.9. The molecule has 65 heavy (non-hydrogen) atoms. The molecule has 0 aliphatic heterocycles. The van der Waals surface area contributed by atoms with Crippen molar-refractivity contribution in [2.45, 2.75) is 69.6 Å². The van der Waals surface area contributed by atoms with Crippen LogP contribution in [0.2, 0.25) is 0 Å². The lowest BCUT2D eigenvalue weighted by atomic mass is 9.84. The standard InChI is InChI=1S/C49H55N5O10S/c1-8-30-61-43(57)39(54-46(60)64-48(5,6)7)31-33-24-26-37(27-25-33)62-45(59)53-38(28-29-51-44(58)63-47(2,3)4)42(56)52-40(41(50)55)32-65-49(34-18-12-9-13-19-34,35-20-14-10-15-21-35)36-22-16-11-17-23-36/h8-29,31,38,40H,1,30,32H2,2-7H3,(H2,50,55)(H,51,58)(H,52,56)(H,53,59)(H,54,60)/b29-28+,39-31+/t38?,40-/m0/s1. The van der Waals surface area contributed by atoms with Crippen molar-refractivity contribution in [3.05, 3.63) is 168 Å². The molecule has 1 unspecified atom stereocenters. The maximum absolute atomic E-state index is 14.0. The van der Waals surface area contributed by atoms with E-state index in [0.29, 0.717) is 5.56 Å². The van der Waals surface area contributed by atoms with E-state index in [4.69, 9.17) is 24.7 Å². The van der Waals surface area contributed by atoms with Gasteiger partial charge in [-0.1, -0.05) is 116 Å². The molecule has 4 aromatic carbocycles. The normalized spacial score (nSPS) is 12.7. The Kier molecular flexibility index (Phi) is 18.1. The third-order valence-corrected chi connectivity index (χ3v) is 10.3. The summed E-state index contributed by atoms with van der Waals surface area (Å²) < 4.78 is 20.3. The van der Waals surface area contributed by atoms with E-state index in [1.54, 1.807) is 41.5 Å². The number of primary amides is 1. The third-order valence-electron chi connectivity index (χ3n) is 8.70. The Morgan fingerprint density at radius 1 is 0.692 bits per heavy atom. The van der Waals surface area contributed by atoms with Crippen LogP contribution < -0.4 is 31.7 Å². The van der Waals surface area contributed by atoms with E-state index in [9.17, 15) is 28.8 Å². The Morgan fingerprint density at radius 2 is 1.20 bits per heavy atom. The van der Waals surface area contributed by atoms with Crippen molar-refractivity contribution in [1.82, 2.24) is 21.3 Å². The van der Waals surface area contributed by atoms with Crippen molar-refractivity contribution < 1.29 is 47.7 Å². The van der Waals surface area contributed by atoms with Gasteiger partial charge in [0.15, 0.2) is 0 Å². The number of hydrogen-bond donors (Lipinski definition) is 5. The molecule has 0 aliphatic carbocycles. The molecule has 15 nitrogen and oxygen atoms in total. The van der Waals surface area contributed by atoms with Crippen LogP contribution in [0.5, 0.6) is 5.75 Å². The summed E-state index contributed by atoms with van der Waals surface area (Å²) in [7, 11) is 0. The van der Waals surface area contributed by atoms with Crippen LogP contribution in [0, 0.1) is 0 Å². The first-order chi connectivity index (χ1) is 30.8. The summed E-state index contributed by atoms with van der Waals surface area (Å²) in [6.07, 6.45) is 2.19. The number of carbonyl (C=O) groups is 6. The fourth-order valence-corrected chi connectivity index (χ4v) is 7.56. The van der Waals surface area contributed by atoms with Gasteiger partial charge in [0.25, 0.3) is 0 Å². The van der Waals surface area contributed by atoms with Gasteiger partial charge in [-0.25, -0.2) is 19.2 Å². The first kappa shape index (κ1) is 50.3. The number of thioether (sulfide) groups is 1. The van der Waals surface area contributed by atoms with Crippen LogP contribution in [-0.2, 0) is 33.3 Å². The van der Waals surface area contributed by atoms with Gasteiger partial charge < -0.3 is 35.3 Å². The fraction of sp³-hybridized carbons (Fsp3) is 0.265. The van der Waals surface area contributed by atoms with Crippen LogP contribution in [0.3, 0.4) is 0 Å². The molecule has 0 saturated heterocycles. The molecule has 0 radical (unpaired) electrons. The largest absolute Gasteiger partial charge is 0.457 e. The fourth-order valence-electron chi connectivity index (χ4n) is 5.99. The average molecular weight is 906 g/mol. The number of rotatable bonds is 18. The van der Waals surface area contributed by atoms with Gasteiger partial charge in [0.1, 0.15) is 41.3 Å². The zero-order valence-electron chi connectivity index (χ0n) is 37.1. The minimum Gasteiger partial charge on any atom is -0.457 e. The first-order valence-electron chi connectivity index (χ1n) is 20.4. The van der Waals surface area contributed by atoms with Gasteiger partial charge in [-0.05, 0) is 88.1 Å². The molecule has 5 amide bonds. The number of carbonyl (C=O) groups excluding carboxylic acids is 6. The maximum Gasteiger partial charge on any atom is 0.413 e. The van der Waals surface area contributed by atoms with Crippen molar-refractivity contribution in [3.63, 3.8) is 0 Å². The van der Waals surface area contributed by atoms with Gasteiger partial charge in [0, 0.05) is 12.0 Å². The molecule has 0 aromatic heterocycles. The summed E-state index contributed by atoms with van der Waals surface area (Å²) in [5, 5.41) is 9.91. The van der Waals surface area contributed by atoms with Gasteiger partial charge in [0.2, 0.25) is 11.8 Å². The highest BCUT2D eigenvalue weighted by Gasteiger charge is 2.38. The summed E-state index contributed by atoms with van der Waals surface area (Å²) >= 11 is 1.40. The Bertz CT molecular complexity index is 2230. The topological polar surface area (TPSA) is 213 Å². The summed E-state index contributed by atoms with van der Waals surface area (Å²) in [4.78, 5) is 78.1. The molecule has 0 heterocycles. The van der Waals surface area contributed by atoms with Gasteiger partial charge in [-0.3, -0.25) is 20.2 Å². The summed E-state index contributed by atoms with van der Waals surface area (Å²) in [5.74, 6) is -2.52. The predicted molar refractivity (Wildman–Crippen MR) is 249 cm³/mol. The van der Waals surface area contributed by atoms with Crippen LogP contribution in [-0.4, -0.2) is 71.7 Å². The van der Waals surface area contributed by atoms with Crippen LogP contribution in [0.25, 0.3) is 6.08 Å². The first-order valence-corrected chi connectivity index (χ1v) is 21.4. The second-order valence-electron chi connectivity index (χ2n) is 16.2. The van der Waals surface area contributed by atoms with E-state index in [0.717, 1.165) is 22.9 Å². The van der Waals surface area contributed by atoms with Crippen molar-refractivity contribution in [2.75, 3.05) is 12.4 Å². The van der Waals surface area contributed by atoms with Crippen molar-refractivity contribution in [2.24, 2.45) is 5.73 Å². The number of ether oxygens (including phenoxy) is 4. The van der Waals surface area contributed by atoms with Crippen LogP contribution in [0.4, 0.5) is 14.4 Å². The molecule has 0 spiro atoms. The molecule has 0 saturated carbocycles. The molecule has 4 rings (SSSR count). The van der Waals surface area contributed by atoms with E-state index in [2.05, 4.69) is 27.8 Å². The number of nitrogens with one attached hydrogen (secondary N) is 4. The minimum atomic E-state index is -1.52. The van der Waals surface area contributed by atoms with E-state index in [1.165, 1.54) is 54.3 Å². The van der Waals surface area contributed by atoms with Crippen LogP contribution in [0.1, 0.15) is 63.8 Å². The monoisotopic (exact) mass is 905 g/mol. The number of alkyl carbamates (subject to hydrolysis) is 2. The second kappa shape index (κ2) is 23.4. The van der Waals surface area contributed by atoms with E-state index < -0.39 is 64.1 Å². The Balaban J connectivity index is 1.58. The number of nitrogens with two attached hydrogens (primary N) is 1. The van der Waals surface area contributed by atoms with Crippen LogP contribution >= 0.6 is 11.8 Å². The minimum absolute atomic E-state index is 0.00141. The van der Waals surface area contributed by atoms with Crippen molar-refractivity contribution >= 4 is 53.9 Å². The number of hydrogen-bond acceptors (Lipinski definition) is 11. The molecule has 16 heteroatoms. The predicted octanol–water partition coefficient (Wildman–Crippen LogP) is 7.47. The summed E-state index contributed by atoms with van der Waals surface area (Å²) in [6.45, 7) is 13.4. The Morgan fingerprint density at radius 3 is 1.68 bits per heavy atom. The Hall–Kier alpha value is -7.33. The van der Waals surface area contributed by atoms with Crippen LogP contribution in [0.15, 0.2) is 146 Å². The second-order valence-corrected chi connectivity index (χ2v) is 17.4.